The van der Waals surface area contributed by atoms with Crippen molar-refractivity contribution in [2.75, 3.05) is 6.54 Å². The number of rotatable bonds is 4. The van der Waals surface area contributed by atoms with Crippen molar-refractivity contribution in [1.29, 1.82) is 0 Å². The molecule has 2 aromatic heterocycles. The molecule has 1 aliphatic heterocycles. The summed E-state index contributed by atoms with van der Waals surface area (Å²) >= 11 is 0. The normalized spacial score (nSPS) is 19.3. The molecule has 1 fully saturated rings. The predicted molar refractivity (Wildman–Crippen MR) is 83.3 cm³/mol. The van der Waals surface area contributed by atoms with Crippen molar-refractivity contribution in [3.63, 3.8) is 0 Å². The standard InChI is InChI=1S/C16H22F3N5/c1-11-15(12(2)22(3)21-11)13-5-4-7-23(13)9-14-20-6-8-24(14)10-16(17,18)19/h6,8,13H,4-5,7,9-10H2,1-3H3/t13-/m1/s1. The Bertz CT molecular complexity index is 716. The number of aryl methyl sites for hydroxylation is 2. The molecule has 132 valence electrons. The predicted octanol–water partition coefficient (Wildman–Crippen LogP) is 3.13. The van der Waals surface area contributed by atoms with Gasteiger partial charge in [0.2, 0.25) is 0 Å². The number of likely N-dealkylation sites (tertiary alicyclic amines) is 1. The van der Waals surface area contributed by atoms with Crippen LogP contribution in [0.3, 0.4) is 0 Å². The molecule has 0 spiro atoms. The van der Waals surface area contributed by atoms with E-state index in [4.69, 9.17) is 0 Å². The van der Waals surface area contributed by atoms with Crippen LogP contribution >= 0.6 is 0 Å². The van der Waals surface area contributed by atoms with Gasteiger partial charge in [-0.15, -0.1) is 0 Å². The van der Waals surface area contributed by atoms with Crippen molar-refractivity contribution in [1.82, 2.24) is 24.2 Å². The van der Waals surface area contributed by atoms with Crippen LogP contribution in [0.2, 0.25) is 0 Å². The summed E-state index contributed by atoms with van der Waals surface area (Å²) in [4.78, 5) is 6.36. The number of alkyl halides is 3. The summed E-state index contributed by atoms with van der Waals surface area (Å²) in [5.41, 5.74) is 3.30. The highest BCUT2D eigenvalue weighted by Crippen LogP contribution is 2.36. The maximum atomic E-state index is 12.7. The molecule has 0 unspecified atom stereocenters. The van der Waals surface area contributed by atoms with Gasteiger partial charge in [0, 0.05) is 36.7 Å². The Hall–Kier alpha value is -1.83. The second kappa shape index (κ2) is 6.23. The molecule has 3 rings (SSSR count). The number of nitrogens with zero attached hydrogens (tertiary/aromatic N) is 5. The molecule has 0 saturated carbocycles. The topological polar surface area (TPSA) is 38.9 Å². The Kier molecular flexibility index (Phi) is 4.42. The van der Waals surface area contributed by atoms with E-state index in [0.29, 0.717) is 12.4 Å². The first-order chi connectivity index (χ1) is 11.3. The number of aromatic nitrogens is 4. The van der Waals surface area contributed by atoms with E-state index in [9.17, 15) is 13.2 Å². The third-order valence-electron chi connectivity index (χ3n) is 4.76. The van der Waals surface area contributed by atoms with E-state index in [-0.39, 0.29) is 6.04 Å². The summed E-state index contributed by atoms with van der Waals surface area (Å²) < 4.78 is 41.1. The van der Waals surface area contributed by atoms with E-state index >= 15 is 0 Å². The van der Waals surface area contributed by atoms with Crippen molar-refractivity contribution < 1.29 is 13.2 Å². The maximum absolute atomic E-state index is 12.7. The molecule has 0 amide bonds. The van der Waals surface area contributed by atoms with Gasteiger partial charge in [-0.2, -0.15) is 18.3 Å². The molecule has 0 radical (unpaired) electrons. The fraction of sp³-hybridized carbons (Fsp3) is 0.625. The van der Waals surface area contributed by atoms with Crippen LogP contribution in [0.25, 0.3) is 0 Å². The molecular formula is C16H22F3N5. The molecule has 1 atom stereocenters. The van der Waals surface area contributed by atoms with E-state index in [1.807, 2.05) is 25.6 Å². The molecule has 3 heterocycles. The first kappa shape index (κ1) is 17.0. The van der Waals surface area contributed by atoms with Gasteiger partial charge in [-0.3, -0.25) is 9.58 Å². The molecule has 2 aromatic rings. The molecule has 8 heteroatoms. The third-order valence-corrected chi connectivity index (χ3v) is 4.76. The van der Waals surface area contributed by atoms with E-state index < -0.39 is 12.7 Å². The Morgan fingerprint density at radius 2 is 2.04 bits per heavy atom. The zero-order valence-electron chi connectivity index (χ0n) is 14.1. The van der Waals surface area contributed by atoms with Crippen LogP contribution in [-0.2, 0) is 20.1 Å². The Morgan fingerprint density at radius 1 is 1.29 bits per heavy atom. The van der Waals surface area contributed by atoms with Crippen LogP contribution in [0, 0.1) is 13.8 Å². The van der Waals surface area contributed by atoms with Crippen LogP contribution < -0.4 is 0 Å². The molecule has 0 N–H and O–H groups in total. The summed E-state index contributed by atoms with van der Waals surface area (Å²) in [6.45, 7) is 4.31. The third kappa shape index (κ3) is 3.33. The van der Waals surface area contributed by atoms with Crippen molar-refractivity contribution in [3.05, 3.63) is 35.2 Å². The molecule has 0 aliphatic carbocycles. The van der Waals surface area contributed by atoms with Crippen molar-refractivity contribution >= 4 is 0 Å². The number of hydrogen-bond donors (Lipinski definition) is 0. The van der Waals surface area contributed by atoms with Crippen molar-refractivity contribution in [3.8, 4) is 0 Å². The Morgan fingerprint density at radius 3 is 2.67 bits per heavy atom. The van der Waals surface area contributed by atoms with Gasteiger partial charge < -0.3 is 4.57 Å². The molecule has 1 aliphatic rings. The highest BCUT2D eigenvalue weighted by atomic mass is 19.4. The van der Waals surface area contributed by atoms with Gasteiger partial charge in [0.15, 0.2) is 0 Å². The van der Waals surface area contributed by atoms with E-state index in [1.54, 1.807) is 0 Å². The van der Waals surface area contributed by atoms with Gasteiger partial charge in [-0.1, -0.05) is 0 Å². The summed E-state index contributed by atoms with van der Waals surface area (Å²) in [6.07, 6.45) is 0.614. The highest BCUT2D eigenvalue weighted by Gasteiger charge is 2.33. The Balaban J connectivity index is 1.82. The summed E-state index contributed by atoms with van der Waals surface area (Å²) in [6, 6.07) is 0.190. The van der Waals surface area contributed by atoms with Gasteiger partial charge in [0.25, 0.3) is 0 Å². The quantitative estimate of drug-likeness (QED) is 0.858. The summed E-state index contributed by atoms with van der Waals surface area (Å²) in [5.74, 6) is 0.457. The summed E-state index contributed by atoms with van der Waals surface area (Å²) in [7, 11) is 1.92. The first-order valence-electron chi connectivity index (χ1n) is 8.07. The van der Waals surface area contributed by atoms with Crippen LogP contribution in [0.5, 0.6) is 0 Å². The van der Waals surface area contributed by atoms with Gasteiger partial charge >= 0.3 is 6.18 Å². The molecule has 24 heavy (non-hydrogen) atoms. The van der Waals surface area contributed by atoms with E-state index in [1.165, 1.54) is 22.5 Å². The number of halogens is 3. The second-order valence-corrected chi connectivity index (χ2v) is 6.42. The van der Waals surface area contributed by atoms with E-state index in [0.717, 1.165) is 30.8 Å². The molecule has 1 saturated heterocycles. The second-order valence-electron chi connectivity index (χ2n) is 6.42. The smallest absolute Gasteiger partial charge is 0.325 e. The highest BCUT2D eigenvalue weighted by molar-refractivity contribution is 5.29. The van der Waals surface area contributed by atoms with Crippen LogP contribution in [0.1, 0.15) is 41.7 Å². The number of imidazole rings is 1. The lowest BCUT2D eigenvalue weighted by molar-refractivity contribution is -0.141. The lowest BCUT2D eigenvalue weighted by Gasteiger charge is -2.25. The minimum Gasteiger partial charge on any atom is -0.325 e. The van der Waals surface area contributed by atoms with Gasteiger partial charge in [0.05, 0.1) is 12.2 Å². The molecular weight excluding hydrogens is 319 g/mol. The maximum Gasteiger partial charge on any atom is 0.406 e. The first-order valence-corrected chi connectivity index (χ1v) is 8.07. The van der Waals surface area contributed by atoms with Crippen LogP contribution in [0.4, 0.5) is 13.2 Å². The van der Waals surface area contributed by atoms with Gasteiger partial charge in [-0.05, 0) is 33.2 Å². The van der Waals surface area contributed by atoms with Gasteiger partial charge in [0.1, 0.15) is 12.4 Å². The van der Waals surface area contributed by atoms with Crippen molar-refractivity contribution in [2.24, 2.45) is 7.05 Å². The average Bonchev–Trinajstić information content (AvgIpc) is 3.13. The van der Waals surface area contributed by atoms with Crippen LogP contribution in [-0.4, -0.2) is 37.0 Å². The lowest BCUT2D eigenvalue weighted by atomic mass is 10.0. The minimum atomic E-state index is -4.24. The van der Waals surface area contributed by atoms with Crippen molar-refractivity contribution in [2.45, 2.75) is 52.0 Å². The lowest BCUT2D eigenvalue weighted by Crippen LogP contribution is -2.27. The van der Waals surface area contributed by atoms with Crippen LogP contribution in [0.15, 0.2) is 12.4 Å². The minimum absolute atomic E-state index is 0.190. The monoisotopic (exact) mass is 341 g/mol. The SMILES string of the molecule is Cc1nn(C)c(C)c1[C@H]1CCCN1Cc1nccn1CC(F)(F)F. The largest absolute Gasteiger partial charge is 0.406 e. The fourth-order valence-electron chi connectivity index (χ4n) is 3.62. The zero-order chi connectivity index (χ0) is 17.5. The Labute approximate surface area is 139 Å². The molecule has 5 nitrogen and oxygen atoms in total. The van der Waals surface area contributed by atoms with Gasteiger partial charge in [-0.25, -0.2) is 4.98 Å². The summed E-state index contributed by atoms with van der Waals surface area (Å²) in [5, 5.41) is 4.47. The fourth-order valence-corrected chi connectivity index (χ4v) is 3.62. The zero-order valence-corrected chi connectivity index (χ0v) is 14.1. The molecule has 0 bridgehead atoms. The van der Waals surface area contributed by atoms with E-state index in [2.05, 4.69) is 15.0 Å². The number of hydrogen-bond acceptors (Lipinski definition) is 3. The average molecular weight is 341 g/mol. The molecule has 0 aromatic carbocycles.